The Balaban J connectivity index is 1.90. The van der Waals surface area contributed by atoms with Crippen molar-refractivity contribution in [1.82, 2.24) is 0 Å². The highest BCUT2D eigenvalue weighted by molar-refractivity contribution is 6.34. The highest BCUT2D eigenvalue weighted by atomic mass is 35.5. The van der Waals surface area contributed by atoms with Crippen molar-refractivity contribution in [1.29, 1.82) is 0 Å². The summed E-state index contributed by atoms with van der Waals surface area (Å²) in [6, 6.07) is 11.3. The fourth-order valence-corrected chi connectivity index (χ4v) is 2.73. The number of anilines is 1. The molecule has 0 fully saturated rings. The zero-order valence-corrected chi connectivity index (χ0v) is 15.2. The minimum Gasteiger partial charge on any atom is -0.452 e. The molecule has 0 saturated heterocycles. The number of halogens is 1. The van der Waals surface area contributed by atoms with Gasteiger partial charge in [-0.1, -0.05) is 41.9 Å². The van der Waals surface area contributed by atoms with Crippen LogP contribution in [0.4, 0.5) is 5.69 Å². The molecule has 0 saturated carbocycles. The Hall–Kier alpha value is -2.59. The van der Waals surface area contributed by atoms with Gasteiger partial charge in [0.25, 0.3) is 5.91 Å². The summed E-state index contributed by atoms with van der Waals surface area (Å²) in [7, 11) is 0. The number of carbonyl (C=O) groups is 2. The molecule has 2 aromatic rings. The predicted molar refractivity (Wildman–Crippen MR) is 101 cm³/mol. The number of rotatable bonds is 5. The van der Waals surface area contributed by atoms with E-state index in [1.807, 2.05) is 51.1 Å². The molecule has 25 heavy (non-hydrogen) atoms. The number of aryl methyl sites for hydroxylation is 3. The van der Waals surface area contributed by atoms with Crippen molar-refractivity contribution in [2.24, 2.45) is 0 Å². The third-order valence-electron chi connectivity index (χ3n) is 3.63. The Labute approximate surface area is 152 Å². The summed E-state index contributed by atoms with van der Waals surface area (Å²) in [6.45, 7) is 5.35. The third kappa shape index (κ3) is 5.47. The number of benzene rings is 2. The second-order valence-corrected chi connectivity index (χ2v) is 6.19. The van der Waals surface area contributed by atoms with Crippen LogP contribution < -0.4 is 5.32 Å². The van der Waals surface area contributed by atoms with Crippen LogP contribution in [0.5, 0.6) is 0 Å². The standard InChI is InChI=1S/C20H20ClNO3/c1-13-10-15(3)20(17(21)11-13)22-18(23)12-25-19(24)9-8-16-7-5-4-6-14(16)2/h4-11H,12H2,1-3H3,(H,22,23)/b9-8+. The van der Waals surface area contributed by atoms with Crippen LogP contribution in [0.15, 0.2) is 42.5 Å². The van der Waals surface area contributed by atoms with Crippen molar-refractivity contribution in [3.63, 3.8) is 0 Å². The molecule has 4 nitrogen and oxygen atoms in total. The summed E-state index contributed by atoms with van der Waals surface area (Å²) in [5.41, 5.74) is 4.36. The first-order valence-corrected chi connectivity index (χ1v) is 8.21. The van der Waals surface area contributed by atoms with Gasteiger partial charge in [-0.3, -0.25) is 4.79 Å². The van der Waals surface area contributed by atoms with E-state index in [4.69, 9.17) is 16.3 Å². The monoisotopic (exact) mass is 357 g/mol. The second-order valence-electron chi connectivity index (χ2n) is 5.78. The molecule has 1 amide bonds. The van der Waals surface area contributed by atoms with E-state index in [2.05, 4.69) is 5.32 Å². The first-order valence-electron chi connectivity index (χ1n) is 7.84. The van der Waals surface area contributed by atoms with Gasteiger partial charge in [0.1, 0.15) is 0 Å². The molecule has 130 valence electrons. The number of ether oxygens (including phenoxy) is 1. The maximum absolute atomic E-state index is 12.0. The molecule has 0 radical (unpaired) electrons. The second kappa shape index (κ2) is 8.49. The lowest BCUT2D eigenvalue weighted by Gasteiger charge is -2.11. The lowest BCUT2D eigenvalue weighted by atomic mass is 10.1. The van der Waals surface area contributed by atoms with Crippen LogP contribution in [0.1, 0.15) is 22.3 Å². The van der Waals surface area contributed by atoms with E-state index in [1.165, 1.54) is 6.08 Å². The minimum atomic E-state index is -0.579. The topological polar surface area (TPSA) is 55.4 Å². The molecule has 0 aliphatic rings. The fourth-order valence-electron chi connectivity index (χ4n) is 2.37. The van der Waals surface area contributed by atoms with Crippen molar-refractivity contribution < 1.29 is 14.3 Å². The molecular weight excluding hydrogens is 338 g/mol. The average molecular weight is 358 g/mol. The van der Waals surface area contributed by atoms with Crippen molar-refractivity contribution in [2.45, 2.75) is 20.8 Å². The highest BCUT2D eigenvalue weighted by Crippen LogP contribution is 2.27. The van der Waals surface area contributed by atoms with Crippen LogP contribution in [0, 0.1) is 20.8 Å². The van der Waals surface area contributed by atoms with Gasteiger partial charge in [-0.15, -0.1) is 0 Å². The Bertz CT molecular complexity index is 804. The van der Waals surface area contributed by atoms with Crippen LogP contribution in [-0.4, -0.2) is 18.5 Å². The Morgan fingerprint density at radius 1 is 1.12 bits per heavy atom. The fraction of sp³-hybridized carbons (Fsp3) is 0.200. The minimum absolute atomic E-state index is 0.374. The van der Waals surface area contributed by atoms with E-state index < -0.39 is 11.9 Å². The van der Waals surface area contributed by atoms with Crippen LogP contribution in [-0.2, 0) is 14.3 Å². The van der Waals surface area contributed by atoms with Crippen LogP contribution in [0.25, 0.3) is 6.08 Å². The largest absolute Gasteiger partial charge is 0.452 e. The third-order valence-corrected chi connectivity index (χ3v) is 3.93. The van der Waals surface area contributed by atoms with Gasteiger partial charge in [0, 0.05) is 6.08 Å². The summed E-state index contributed by atoms with van der Waals surface area (Å²) < 4.78 is 4.96. The van der Waals surface area contributed by atoms with E-state index in [9.17, 15) is 9.59 Å². The van der Waals surface area contributed by atoms with Gasteiger partial charge in [0.2, 0.25) is 0 Å². The van der Waals surface area contributed by atoms with E-state index in [1.54, 1.807) is 12.1 Å². The maximum Gasteiger partial charge on any atom is 0.331 e. The lowest BCUT2D eigenvalue weighted by molar-refractivity contribution is -0.142. The first kappa shape index (κ1) is 18.7. The molecule has 0 aliphatic heterocycles. The summed E-state index contributed by atoms with van der Waals surface area (Å²) in [6.07, 6.45) is 2.97. The Morgan fingerprint density at radius 2 is 1.84 bits per heavy atom. The van der Waals surface area contributed by atoms with Gasteiger partial charge in [-0.05, 0) is 55.2 Å². The van der Waals surface area contributed by atoms with Gasteiger partial charge in [0.05, 0.1) is 10.7 Å². The smallest absolute Gasteiger partial charge is 0.331 e. The summed E-state index contributed by atoms with van der Waals surface area (Å²) in [5, 5.41) is 3.13. The number of nitrogens with one attached hydrogen (secondary N) is 1. The molecule has 0 aliphatic carbocycles. The summed E-state index contributed by atoms with van der Waals surface area (Å²) in [5.74, 6) is -1.02. The van der Waals surface area contributed by atoms with E-state index in [0.29, 0.717) is 10.7 Å². The van der Waals surface area contributed by atoms with Crippen LogP contribution in [0.2, 0.25) is 5.02 Å². The van der Waals surface area contributed by atoms with Crippen molar-refractivity contribution >= 4 is 35.2 Å². The lowest BCUT2D eigenvalue weighted by Crippen LogP contribution is -2.20. The van der Waals surface area contributed by atoms with E-state index >= 15 is 0 Å². The van der Waals surface area contributed by atoms with Gasteiger partial charge in [0.15, 0.2) is 6.61 Å². The molecule has 2 aromatic carbocycles. The van der Waals surface area contributed by atoms with E-state index in [-0.39, 0.29) is 6.61 Å². The van der Waals surface area contributed by atoms with Gasteiger partial charge >= 0.3 is 5.97 Å². The van der Waals surface area contributed by atoms with Crippen molar-refractivity contribution in [3.05, 3.63) is 69.8 Å². The van der Waals surface area contributed by atoms with Crippen LogP contribution >= 0.6 is 11.6 Å². The van der Waals surface area contributed by atoms with Gasteiger partial charge in [-0.25, -0.2) is 4.79 Å². The van der Waals surface area contributed by atoms with Crippen molar-refractivity contribution in [2.75, 3.05) is 11.9 Å². The quantitative estimate of drug-likeness (QED) is 0.635. The molecule has 0 heterocycles. The normalized spacial score (nSPS) is 10.7. The molecule has 2 rings (SSSR count). The number of esters is 1. The first-order chi connectivity index (χ1) is 11.9. The van der Waals surface area contributed by atoms with Crippen molar-refractivity contribution in [3.8, 4) is 0 Å². The SMILES string of the molecule is Cc1cc(C)c(NC(=O)COC(=O)/C=C/c2ccccc2C)c(Cl)c1. The summed E-state index contributed by atoms with van der Waals surface area (Å²) in [4.78, 5) is 23.7. The molecule has 0 aromatic heterocycles. The molecule has 0 atom stereocenters. The zero-order valence-electron chi connectivity index (χ0n) is 14.4. The van der Waals surface area contributed by atoms with E-state index in [0.717, 1.165) is 22.3 Å². The number of hydrogen-bond acceptors (Lipinski definition) is 3. The zero-order chi connectivity index (χ0) is 18.4. The van der Waals surface area contributed by atoms with Gasteiger partial charge in [-0.2, -0.15) is 0 Å². The Kier molecular flexibility index (Phi) is 6.37. The summed E-state index contributed by atoms with van der Waals surface area (Å²) >= 11 is 6.14. The molecule has 0 spiro atoms. The number of carbonyl (C=O) groups excluding carboxylic acids is 2. The maximum atomic E-state index is 12.0. The highest BCUT2D eigenvalue weighted by Gasteiger charge is 2.11. The predicted octanol–water partition coefficient (Wildman–Crippen LogP) is 4.46. The molecular formula is C20H20ClNO3. The molecule has 1 N–H and O–H groups in total. The molecule has 5 heteroatoms. The number of amides is 1. The Morgan fingerprint density at radius 3 is 2.52 bits per heavy atom. The van der Waals surface area contributed by atoms with Gasteiger partial charge < -0.3 is 10.1 Å². The molecule has 0 unspecified atom stereocenters. The average Bonchev–Trinajstić information content (AvgIpc) is 2.55. The number of hydrogen-bond donors (Lipinski definition) is 1. The van der Waals surface area contributed by atoms with Crippen LogP contribution in [0.3, 0.4) is 0 Å². The molecule has 0 bridgehead atoms.